The molecule has 1 amide bonds. The Kier molecular flexibility index (Phi) is 4.49. The third-order valence-electron chi connectivity index (χ3n) is 2.84. The highest BCUT2D eigenvalue weighted by Gasteiger charge is 2.16. The van der Waals surface area contributed by atoms with Gasteiger partial charge in [0.2, 0.25) is 6.41 Å². The van der Waals surface area contributed by atoms with Crippen molar-refractivity contribution in [3.63, 3.8) is 0 Å². The molecule has 0 bridgehead atoms. The molecule has 1 N–H and O–H groups in total. The lowest BCUT2D eigenvalue weighted by molar-refractivity contribution is -0.163. The van der Waals surface area contributed by atoms with E-state index in [1.54, 1.807) is 12.4 Å². The van der Waals surface area contributed by atoms with Gasteiger partial charge in [0.15, 0.2) is 0 Å². The molecule has 1 aliphatic rings. The number of amides is 1. The number of nitrogens with one attached hydrogen (secondary N) is 1. The van der Waals surface area contributed by atoms with Crippen molar-refractivity contribution < 1.29 is 14.4 Å². The Morgan fingerprint density at radius 1 is 1.61 bits per heavy atom. The van der Waals surface area contributed by atoms with Crippen LogP contribution in [0.2, 0.25) is 0 Å². The summed E-state index contributed by atoms with van der Waals surface area (Å²) in [5, 5.41) is 4.45. The lowest BCUT2D eigenvalue weighted by Gasteiger charge is -2.27. The standard InChI is InChI=1S/C12H17N3O3/c1-17-15(9-16)7-10-4-12(6-13-5-10)18-8-11-2-3-14-11/h4-6,9,11,14H,2-3,7-8H2,1H3/t11-/m0/s1. The number of hydrogen-bond acceptors (Lipinski definition) is 5. The molecule has 2 rings (SSSR count). The molecule has 0 radical (unpaired) electrons. The summed E-state index contributed by atoms with van der Waals surface area (Å²) in [6.07, 6.45) is 5.13. The smallest absolute Gasteiger partial charge is 0.233 e. The number of hydroxylamine groups is 2. The summed E-state index contributed by atoms with van der Waals surface area (Å²) in [5.41, 5.74) is 0.864. The molecule has 1 aromatic heterocycles. The van der Waals surface area contributed by atoms with E-state index in [9.17, 15) is 4.79 Å². The second-order valence-corrected chi connectivity index (χ2v) is 4.14. The monoisotopic (exact) mass is 251 g/mol. The molecule has 0 spiro atoms. The van der Waals surface area contributed by atoms with Crippen LogP contribution in [-0.4, -0.2) is 42.8 Å². The molecule has 2 heterocycles. The summed E-state index contributed by atoms with van der Waals surface area (Å²) in [5.74, 6) is 0.711. The van der Waals surface area contributed by atoms with Gasteiger partial charge in [0, 0.05) is 12.2 Å². The Balaban J connectivity index is 1.89. The Hall–Kier alpha value is -1.66. The molecule has 1 aliphatic heterocycles. The van der Waals surface area contributed by atoms with Crippen molar-refractivity contribution in [1.82, 2.24) is 15.4 Å². The van der Waals surface area contributed by atoms with Gasteiger partial charge in [-0.3, -0.25) is 14.6 Å². The lowest BCUT2D eigenvalue weighted by atomic mass is 10.1. The molecule has 0 aromatic carbocycles. The van der Waals surface area contributed by atoms with Gasteiger partial charge in [-0.1, -0.05) is 0 Å². The summed E-state index contributed by atoms with van der Waals surface area (Å²) in [6.45, 7) is 2.06. The molecule has 1 saturated heterocycles. The quantitative estimate of drug-likeness (QED) is 0.559. The van der Waals surface area contributed by atoms with E-state index in [1.807, 2.05) is 6.07 Å². The maximum Gasteiger partial charge on any atom is 0.233 e. The van der Waals surface area contributed by atoms with Crippen molar-refractivity contribution in [2.24, 2.45) is 0 Å². The molecule has 1 atom stereocenters. The minimum absolute atomic E-state index is 0.353. The molecule has 98 valence electrons. The van der Waals surface area contributed by atoms with E-state index >= 15 is 0 Å². The first-order chi connectivity index (χ1) is 8.81. The fourth-order valence-corrected chi connectivity index (χ4v) is 1.64. The van der Waals surface area contributed by atoms with Crippen LogP contribution in [-0.2, 0) is 16.2 Å². The van der Waals surface area contributed by atoms with Crippen LogP contribution in [0.4, 0.5) is 0 Å². The summed E-state index contributed by atoms with van der Waals surface area (Å²) in [6, 6.07) is 2.31. The number of ether oxygens (including phenoxy) is 1. The zero-order chi connectivity index (χ0) is 12.8. The fraction of sp³-hybridized carbons (Fsp3) is 0.500. The van der Waals surface area contributed by atoms with Crippen molar-refractivity contribution in [3.05, 3.63) is 24.0 Å². The fourth-order valence-electron chi connectivity index (χ4n) is 1.64. The normalized spacial score (nSPS) is 17.9. The summed E-state index contributed by atoms with van der Waals surface area (Å²) in [7, 11) is 1.45. The average Bonchev–Trinajstić information content (AvgIpc) is 2.34. The molecule has 18 heavy (non-hydrogen) atoms. The van der Waals surface area contributed by atoms with Crippen LogP contribution in [0.1, 0.15) is 12.0 Å². The number of rotatable bonds is 7. The highest BCUT2D eigenvalue weighted by Crippen LogP contribution is 2.14. The van der Waals surface area contributed by atoms with Crippen molar-refractivity contribution in [1.29, 1.82) is 0 Å². The van der Waals surface area contributed by atoms with E-state index in [0.717, 1.165) is 18.5 Å². The zero-order valence-corrected chi connectivity index (χ0v) is 10.3. The van der Waals surface area contributed by atoms with Gasteiger partial charge >= 0.3 is 0 Å². The minimum atomic E-state index is 0.353. The van der Waals surface area contributed by atoms with E-state index in [2.05, 4.69) is 10.3 Å². The first kappa shape index (κ1) is 12.8. The number of carbonyl (C=O) groups excluding carboxylic acids is 1. The van der Waals surface area contributed by atoms with Crippen LogP contribution < -0.4 is 10.1 Å². The third-order valence-corrected chi connectivity index (χ3v) is 2.84. The Morgan fingerprint density at radius 3 is 3.06 bits per heavy atom. The predicted molar refractivity (Wildman–Crippen MR) is 64.8 cm³/mol. The van der Waals surface area contributed by atoms with E-state index in [-0.39, 0.29) is 0 Å². The predicted octanol–water partition coefficient (Wildman–Crippen LogP) is 0.342. The maximum absolute atomic E-state index is 10.6. The summed E-state index contributed by atoms with van der Waals surface area (Å²) in [4.78, 5) is 19.6. The van der Waals surface area contributed by atoms with Crippen molar-refractivity contribution >= 4 is 6.41 Å². The van der Waals surface area contributed by atoms with Gasteiger partial charge in [0.25, 0.3) is 0 Å². The van der Waals surface area contributed by atoms with Crippen LogP contribution >= 0.6 is 0 Å². The molecule has 6 nitrogen and oxygen atoms in total. The number of nitrogens with zero attached hydrogens (tertiary/aromatic N) is 2. The van der Waals surface area contributed by atoms with Crippen molar-refractivity contribution in [2.75, 3.05) is 20.3 Å². The number of carbonyl (C=O) groups is 1. The second kappa shape index (κ2) is 6.32. The van der Waals surface area contributed by atoms with Crippen LogP contribution in [0.5, 0.6) is 5.75 Å². The van der Waals surface area contributed by atoms with Gasteiger partial charge in [-0.15, -0.1) is 0 Å². The molecule has 0 saturated carbocycles. The lowest BCUT2D eigenvalue weighted by Crippen LogP contribution is -2.46. The van der Waals surface area contributed by atoms with E-state index in [0.29, 0.717) is 31.4 Å². The number of aromatic nitrogens is 1. The Morgan fingerprint density at radius 2 is 2.44 bits per heavy atom. The number of hydrogen-bond donors (Lipinski definition) is 1. The minimum Gasteiger partial charge on any atom is -0.490 e. The molecule has 6 heteroatoms. The average molecular weight is 251 g/mol. The van der Waals surface area contributed by atoms with Gasteiger partial charge in [-0.25, -0.2) is 5.06 Å². The van der Waals surface area contributed by atoms with Gasteiger partial charge in [0.1, 0.15) is 12.4 Å². The molecule has 1 fully saturated rings. The molecule has 0 aliphatic carbocycles. The highest BCUT2D eigenvalue weighted by atomic mass is 16.7. The van der Waals surface area contributed by atoms with Crippen LogP contribution in [0.3, 0.4) is 0 Å². The Labute approximate surface area is 106 Å². The third kappa shape index (κ3) is 3.41. The SMILES string of the molecule is CON(C=O)Cc1cncc(OC[C@@H]2CCN2)c1. The maximum atomic E-state index is 10.6. The molecular formula is C12H17N3O3. The van der Waals surface area contributed by atoms with Crippen molar-refractivity contribution in [2.45, 2.75) is 19.0 Å². The van der Waals surface area contributed by atoms with E-state index in [4.69, 9.17) is 9.57 Å². The van der Waals surface area contributed by atoms with Crippen LogP contribution in [0, 0.1) is 0 Å². The topological polar surface area (TPSA) is 63.7 Å². The first-order valence-corrected chi connectivity index (χ1v) is 5.88. The molecular weight excluding hydrogens is 234 g/mol. The van der Waals surface area contributed by atoms with Crippen molar-refractivity contribution in [3.8, 4) is 5.75 Å². The largest absolute Gasteiger partial charge is 0.490 e. The van der Waals surface area contributed by atoms with Gasteiger partial charge in [-0.2, -0.15) is 0 Å². The molecule has 0 unspecified atom stereocenters. The second-order valence-electron chi connectivity index (χ2n) is 4.14. The van der Waals surface area contributed by atoms with Gasteiger partial charge < -0.3 is 10.1 Å². The number of pyridine rings is 1. The van der Waals surface area contributed by atoms with Gasteiger partial charge in [0.05, 0.1) is 19.9 Å². The van der Waals surface area contributed by atoms with E-state index in [1.165, 1.54) is 12.2 Å². The highest BCUT2D eigenvalue weighted by molar-refractivity contribution is 5.45. The molecule has 1 aromatic rings. The van der Waals surface area contributed by atoms with E-state index < -0.39 is 0 Å². The summed E-state index contributed by atoms with van der Waals surface area (Å²) >= 11 is 0. The van der Waals surface area contributed by atoms with Gasteiger partial charge in [-0.05, 0) is 24.6 Å². The zero-order valence-electron chi connectivity index (χ0n) is 10.3. The Bertz CT molecular complexity index is 396. The van der Waals surface area contributed by atoms with Crippen LogP contribution in [0.25, 0.3) is 0 Å². The first-order valence-electron chi connectivity index (χ1n) is 5.88. The van der Waals surface area contributed by atoms with Crippen LogP contribution in [0.15, 0.2) is 18.5 Å². The summed E-state index contributed by atoms with van der Waals surface area (Å²) < 4.78 is 5.63.